The molecule has 3 aromatic rings. The summed E-state index contributed by atoms with van der Waals surface area (Å²) in [4.78, 5) is 33.1. The van der Waals surface area contributed by atoms with Crippen LogP contribution in [-0.2, 0) is 4.79 Å². The lowest BCUT2D eigenvalue weighted by Gasteiger charge is -2.26. The number of likely N-dealkylation sites (tertiary alicyclic amines) is 1. The largest absolute Gasteiger partial charge is 0.396 e. The van der Waals surface area contributed by atoms with Crippen molar-refractivity contribution in [1.82, 2.24) is 24.4 Å². The Kier molecular flexibility index (Phi) is 4.46. The van der Waals surface area contributed by atoms with Gasteiger partial charge in [0, 0.05) is 32.4 Å². The second-order valence-corrected chi connectivity index (χ2v) is 7.14. The molecule has 0 spiro atoms. The van der Waals surface area contributed by atoms with E-state index in [1.165, 1.54) is 9.42 Å². The minimum absolute atomic E-state index is 0.0629. The van der Waals surface area contributed by atoms with Gasteiger partial charge in [0.1, 0.15) is 6.04 Å². The van der Waals surface area contributed by atoms with Crippen molar-refractivity contribution in [2.45, 2.75) is 18.9 Å². The Labute approximate surface area is 162 Å². The second kappa shape index (κ2) is 6.95. The molecular formula is C20H22N6O2. The van der Waals surface area contributed by atoms with Crippen LogP contribution in [0.1, 0.15) is 23.2 Å². The summed E-state index contributed by atoms with van der Waals surface area (Å²) in [5.74, 6) is 0.258. The normalized spacial score (nSPS) is 16.5. The summed E-state index contributed by atoms with van der Waals surface area (Å²) in [6.07, 6.45) is 3.10. The second-order valence-electron chi connectivity index (χ2n) is 7.14. The van der Waals surface area contributed by atoms with Gasteiger partial charge in [-0.3, -0.25) is 9.59 Å². The third-order valence-corrected chi connectivity index (χ3v) is 4.98. The number of pyridine rings is 1. The lowest BCUT2D eigenvalue weighted by atomic mass is 10.1. The summed E-state index contributed by atoms with van der Waals surface area (Å²) in [5.41, 5.74) is 8.29. The fourth-order valence-electron chi connectivity index (χ4n) is 3.57. The van der Waals surface area contributed by atoms with Crippen LogP contribution in [-0.4, -0.2) is 62.9 Å². The van der Waals surface area contributed by atoms with E-state index in [4.69, 9.17) is 5.73 Å². The van der Waals surface area contributed by atoms with E-state index in [2.05, 4.69) is 10.1 Å². The maximum Gasteiger partial charge on any atom is 0.256 e. The van der Waals surface area contributed by atoms with Crippen LogP contribution in [0, 0.1) is 0 Å². The minimum atomic E-state index is -0.435. The molecule has 2 amide bonds. The smallest absolute Gasteiger partial charge is 0.256 e. The molecule has 0 bridgehead atoms. The fraction of sp³-hybridized carbons (Fsp3) is 0.300. The standard InChI is InChI=1S/C20H22N6O2/c1-24(2)20(28)16-9-6-10-25(16)19(27)14-11-15(21)18-22-17(23-26(18)12-14)13-7-4-3-5-8-13/h3-5,7-8,11-12,16H,6,9-10,21H2,1-2H3/t16-/m0/s1. The maximum atomic E-state index is 13.1. The van der Waals surface area contributed by atoms with Gasteiger partial charge in [0.05, 0.1) is 11.3 Å². The van der Waals surface area contributed by atoms with Crippen molar-refractivity contribution in [3.8, 4) is 11.4 Å². The quantitative estimate of drug-likeness (QED) is 0.748. The Morgan fingerprint density at radius 3 is 2.68 bits per heavy atom. The average molecular weight is 378 g/mol. The molecular weight excluding hydrogens is 356 g/mol. The van der Waals surface area contributed by atoms with Crippen molar-refractivity contribution in [2.24, 2.45) is 0 Å². The highest BCUT2D eigenvalue weighted by atomic mass is 16.2. The van der Waals surface area contributed by atoms with Crippen LogP contribution in [0.25, 0.3) is 17.0 Å². The zero-order valence-electron chi connectivity index (χ0n) is 15.9. The van der Waals surface area contributed by atoms with Crippen LogP contribution in [0.4, 0.5) is 5.69 Å². The Bertz CT molecular complexity index is 1040. The topological polar surface area (TPSA) is 96.8 Å². The molecule has 1 fully saturated rings. The summed E-state index contributed by atoms with van der Waals surface area (Å²) in [6, 6.07) is 10.7. The van der Waals surface area contributed by atoms with Gasteiger partial charge in [-0.25, -0.2) is 9.50 Å². The lowest BCUT2D eigenvalue weighted by Crippen LogP contribution is -2.45. The van der Waals surface area contributed by atoms with Crippen LogP contribution in [0.3, 0.4) is 0 Å². The van der Waals surface area contributed by atoms with Crippen LogP contribution < -0.4 is 5.73 Å². The van der Waals surface area contributed by atoms with Crippen LogP contribution >= 0.6 is 0 Å². The molecule has 144 valence electrons. The number of nitrogens with two attached hydrogens (primary N) is 1. The molecule has 1 aliphatic rings. The van der Waals surface area contributed by atoms with Gasteiger partial charge in [0.15, 0.2) is 11.5 Å². The highest BCUT2D eigenvalue weighted by Crippen LogP contribution is 2.24. The number of hydrogen-bond donors (Lipinski definition) is 1. The van der Waals surface area contributed by atoms with Gasteiger partial charge in [-0.15, -0.1) is 5.10 Å². The summed E-state index contributed by atoms with van der Waals surface area (Å²) >= 11 is 0. The molecule has 0 saturated carbocycles. The van der Waals surface area contributed by atoms with Crippen LogP contribution in [0.15, 0.2) is 42.6 Å². The highest BCUT2D eigenvalue weighted by Gasteiger charge is 2.35. The Hall–Kier alpha value is -3.42. The first kappa shape index (κ1) is 18.0. The lowest BCUT2D eigenvalue weighted by molar-refractivity contribution is -0.132. The van der Waals surface area contributed by atoms with Crippen LogP contribution in [0.5, 0.6) is 0 Å². The summed E-state index contributed by atoms with van der Waals surface area (Å²) in [6.45, 7) is 0.549. The number of nitrogen functional groups attached to an aromatic ring is 1. The molecule has 1 aromatic carbocycles. The molecule has 1 atom stereocenters. The van der Waals surface area contributed by atoms with E-state index in [0.29, 0.717) is 35.7 Å². The first-order valence-corrected chi connectivity index (χ1v) is 9.19. The number of carbonyl (C=O) groups is 2. The number of likely N-dealkylation sites (N-methyl/N-ethyl adjacent to an activating group) is 1. The molecule has 0 aliphatic carbocycles. The molecule has 3 heterocycles. The van der Waals surface area contributed by atoms with Crippen molar-refractivity contribution < 1.29 is 9.59 Å². The van der Waals surface area contributed by atoms with Gasteiger partial charge in [0.25, 0.3) is 5.91 Å². The maximum absolute atomic E-state index is 13.1. The zero-order valence-corrected chi connectivity index (χ0v) is 15.9. The zero-order chi connectivity index (χ0) is 19.8. The Balaban J connectivity index is 1.69. The first-order valence-electron chi connectivity index (χ1n) is 9.19. The van der Waals surface area contributed by atoms with E-state index in [0.717, 1.165) is 12.0 Å². The molecule has 8 nitrogen and oxygen atoms in total. The molecule has 1 saturated heterocycles. The van der Waals surface area contributed by atoms with Gasteiger partial charge in [0.2, 0.25) is 5.91 Å². The first-order chi connectivity index (χ1) is 13.5. The van der Waals surface area contributed by atoms with Gasteiger partial charge in [-0.2, -0.15) is 0 Å². The summed E-state index contributed by atoms with van der Waals surface area (Å²) in [5, 5.41) is 4.48. The van der Waals surface area contributed by atoms with Gasteiger partial charge in [-0.1, -0.05) is 30.3 Å². The molecule has 4 rings (SSSR count). The van der Waals surface area contributed by atoms with E-state index < -0.39 is 6.04 Å². The molecule has 8 heteroatoms. The van der Waals surface area contributed by atoms with Gasteiger partial charge < -0.3 is 15.5 Å². The van der Waals surface area contributed by atoms with E-state index in [1.807, 2.05) is 30.3 Å². The van der Waals surface area contributed by atoms with Gasteiger partial charge in [-0.05, 0) is 18.9 Å². The molecule has 0 unspecified atom stereocenters. The number of carbonyl (C=O) groups excluding carboxylic acids is 2. The molecule has 2 aromatic heterocycles. The van der Waals surface area contributed by atoms with Crippen molar-refractivity contribution >= 4 is 23.1 Å². The molecule has 28 heavy (non-hydrogen) atoms. The van der Waals surface area contributed by atoms with Crippen molar-refractivity contribution in [2.75, 3.05) is 26.4 Å². The number of nitrogens with zero attached hydrogens (tertiary/aromatic N) is 5. The number of rotatable bonds is 3. The third-order valence-electron chi connectivity index (χ3n) is 4.98. The molecule has 2 N–H and O–H groups in total. The van der Waals surface area contributed by atoms with E-state index in [9.17, 15) is 9.59 Å². The molecule has 0 radical (unpaired) electrons. The van der Waals surface area contributed by atoms with E-state index in [-0.39, 0.29) is 11.8 Å². The highest BCUT2D eigenvalue weighted by molar-refractivity contribution is 5.99. The Morgan fingerprint density at radius 2 is 1.96 bits per heavy atom. The summed E-state index contributed by atoms with van der Waals surface area (Å²) < 4.78 is 1.53. The van der Waals surface area contributed by atoms with E-state index in [1.54, 1.807) is 31.3 Å². The SMILES string of the molecule is CN(C)C(=O)[C@@H]1CCCN1C(=O)c1cc(N)c2nc(-c3ccccc3)nn2c1. The van der Waals surface area contributed by atoms with Crippen molar-refractivity contribution in [1.29, 1.82) is 0 Å². The number of hydrogen-bond acceptors (Lipinski definition) is 5. The number of benzene rings is 1. The average Bonchev–Trinajstić information content (AvgIpc) is 3.34. The van der Waals surface area contributed by atoms with E-state index >= 15 is 0 Å². The Morgan fingerprint density at radius 1 is 1.21 bits per heavy atom. The number of anilines is 1. The monoisotopic (exact) mass is 378 g/mol. The predicted molar refractivity (Wildman–Crippen MR) is 106 cm³/mol. The number of fused-ring (bicyclic) bond motifs is 1. The minimum Gasteiger partial charge on any atom is -0.396 e. The number of aromatic nitrogens is 3. The van der Waals surface area contributed by atoms with Crippen molar-refractivity contribution in [3.63, 3.8) is 0 Å². The predicted octanol–water partition coefficient (Wildman–Crippen LogP) is 1.67. The third kappa shape index (κ3) is 3.06. The van der Waals surface area contributed by atoms with Crippen LogP contribution in [0.2, 0.25) is 0 Å². The van der Waals surface area contributed by atoms with Crippen molar-refractivity contribution in [3.05, 3.63) is 48.2 Å². The number of amides is 2. The van der Waals surface area contributed by atoms with Gasteiger partial charge >= 0.3 is 0 Å². The summed E-state index contributed by atoms with van der Waals surface area (Å²) in [7, 11) is 3.40. The fourth-order valence-corrected chi connectivity index (χ4v) is 3.57. The molecule has 1 aliphatic heterocycles.